The maximum absolute atomic E-state index is 12.7. The van der Waals surface area contributed by atoms with Crippen molar-refractivity contribution in [2.75, 3.05) is 42.6 Å². The number of benzene rings is 2. The quantitative estimate of drug-likeness (QED) is 0.809. The van der Waals surface area contributed by atoms with E-state index in [1.807, 2.05) is 54.3 Å². The lowest BCUT2D eigenvalue weighted by atomic mass is 10.1. The molecule has 0 atom stereocenters. The summed E-state index contributed by atoms with van der Waals surface area (Å²) in [5, 5.41) is 0. The molecule has 25 heavy (non-hydrogen) atoms. The first-order valence-corrected chi connectivity index (χ1v) is 8.73. The van der Waals surface area contributed by atoms with Crippen molar-refractivity contribution in [2.45, 2.75) is 13.8 Å². The third-order valence-electron chi connectivity index (χ3n) is 4.29. The van der Waals surface area contributed by atoms with Gasteiger partial charge in [-0.2, -0.15) is 0 Å². The van der Waals surface area contributed by atoms with E-state index in [-0.39, 0.29) is 12.5 Å². The molecular weight excluding hydrogens is 316 g/mol. The molecule has 1 aliphatic heterocycles. The largest absolute Gasteiger partial charge is 0.490 e. The van der Waals surface area contributed by atoms with Gasteiger partial charge in [0, 0.05) is 19.6 Å². The van der Waals surface area contributed by atoms with Crippen LogP contribution in [-0.2, 0) is 4.79 Å². The Morgan fingerprint density at radius 2 is 1.56 bits per heavy atom. The minimum atomic E-state index is -0.0468. The van der Waals surface area contributed by atoms with Gasteiger partial charge in [0.25, 0.3) is 5.91 Å². The maximum Gasteiger partial charge on any atom is 0.265 e. The third-order valence-corrected chi connectivity index (χ3v) is 4.29. The summed E-state index contributed by atoms with van der Waals surface area (Å²) >= 11 is 0. The molecule has 0 fully saturated rings. The summed E-state index contributed by atoms with van der Waals surface area (Å²) in [5.41, 5.74) is 2.04. The number of ether oxygens (including phenoxy) is 2. The Morgan fingerprint density at radius 1 is 0.920 bits per heavy atom. The van der Waals surface area contributed by atoms with Crippen LogP contribution in [0.15, 0.2) is 48.5 Å². The number of anilines is 2. The van der Waals surface area contributed by atoms with E-state index in [0.717, 1.165) is 24.5 Å². The number of hydrogen-bond acceptors (Lipinski definition) is 4. The number of nitrogens with zero attached hydrogens (tertiary/aromatic N) is 2. The summed E-state index contributed by atoms with van der Waals surface area (Å²) in [7, 11) is 0. The molecule has 0 N–H and O–H groups in total. The van der Waals surface area contributed by atoms with Gasteiger partial charge < -0.3 is 19.3 Å². The Kier molecular flexibility index (Phi) is 5.43. The van der Waals surface area contributed by atoms with Crippen LogP contribution in [0.5, 0.6) is 11.5 Å². The van der Waals surface area contributed by atoms with Crippen molar-refractivity contribution < 1.29 is 14.3 Å². The summed E-state index contributed by atoms with van der Waals surface area (Å²) in [6.07, 6.45) is 0. The van der Waals surface area contributed by atoms with Gasteiger partial charge in [0.05, 0.1) is 18.0 Å². The molecule has 0 bridgehead atoms. The molecule has 5 nitrogen and oxygen atoms in total. The van der Waals surface area contributed by atoms with Crippen molar-refractivity contribution in [2.24, 2.45) is 0 Å². The van der Waals surface area contributed by atoms with Gasteiger partial charge in [-0.3, -0.25) is 4.79 Å². The number of likely N-dealkylation sites (N-methyl/N-ethyl adjacent to an activating group) is 1. The van der Waals surface area contributed by atoms with Crippen LogP contribution in [0, 0.1) is 0 Å². The monoisotopic (exact) mass is 340 g/mol. The van der Waals surface area contributed by atoms with E-state index < -0.39 is 0 Å². The number of rotatable bonds is 6. The summed E-state index contributed by atoms with van der Waals surface area (Å²) in [6.45, 7) is 7.02. The topological polar surface area (TPSA) is 42.0 Å². The summed E-state index contributed by atoms with van der Waals surface area (Å²) in [4.78, 5) is 16.8. The third kappa shape index (κ3) is 3.71. The highest BCUT2D eigenvalue weighted by atomic mass is 16.5. The standard InChI is InChI=1S/C20H24N2O3/c1-3-21-13-14-22(17-10-6-5-9-16(17)21)20(23)15-25-19-12-8-7-11-18(19)24-4-2/h5-12H,3-4,13-15H2,1-2H3. The van der Waals surface area contributed by atoms with E-state index in [9.17, 15) is 4.79 Å². The lowest BCUT2D eigenvalue weighted by Gasteiger charge is -2.37. The number of hydrogen-bond donors (Lipinski definition) is 0. The highest BCUT2D eigenvalue weighted by Gasteiger charge is 2.26. The lowest BCUT2D eigenvalue weighted by Crippen LogP contribution is -2.45. The van der Waals surface area contributed by atoms with Gasteiger partial charge in [-0.25, -0.2) is 0 Å². The number of carbonyl (C=O) groups excluding carboxylic acids is 1. The molecule has 0 spiro atoms. The summed E-state index contributed by atoms with van der Waals surface area (Å²) < 4.78 is 11.3. The second-order valence-corrected chi connectivity index (χ2v) is 5.78. The van der Waals surface area contributed by atoms with Crippen LogP contribution in [-0.4, -0.2) is 38.8 Å². The molecule has 0 aliphatic carbocycles. The molecule has 132 valence electrons. The average molecular weight is 340 g/mol. The summed E-state index contributed by atoms with van der Waals surface area (Å²) in [6, 6.07) is 15.4. The molecule has 0 unspecified atom stereocenters. The Labute approximate surface area is 148 Å². The van der Waals surface area contributed by atoms with Crippen LogP contribution in [0.1, 0.15) is 13.8 Å². The number of para-hydroxylation sites is 4. The molecule has 2 aromatic rings. The molecule has 0 saturated heterocycles. The first-order valence-electron chi connectivity index (χ1n) is 8.73. The van der Waals surface area contributed by atoms with Crippen molar-refractivity contribution in [1.82, 2.24) is 0 Å². The average Bonchev–Trinajstić information content (AvgIpc) is 2.66. The molecule has 3 rings (SSSR count). The fourth-order valence-electron chi connectivity index (χ4n) is 3.07. The molecule has 1 amide bonds. The van der Waals surface area contributed by atoms with E-state index >= 15 is 0 Å². The SMILES string of the molecule is CCOc1ccccc1OCC(=O)N1CCN(CC)c2ccccc21. The number of carbonyl (C=O) groups is 1. The molecule has 0 radical (unpaired) electrons. The zero-order chi connectivity index (χ0) is 17.6. The first-order chi connectivity index (χ1) is 12.2. The van der Waals surface area contributed by atoms with Gasteiger partial charge in [-0.05, 0) is 38.1 Å². The van der Waals surface area contributed by atoms with Gasteiger partial charge in [-0.1, -0.05) is 24.3 Å². The predicted octanol–water partition coefficient (Wildman–Crippen LogP) is 3.34. The maximum atomic E-state index is 12.7. The second-order valence-electron chi connectivity index (χ2n) is 5.78. The fraction of sp³-hybridized carbons (Fsp3) is 0.350. The smallest absolute Gasteiger partial charge is 0.265 e. The lowest BCUT2D eigenvalue weighted by molar-refractivity contribution is -0.120. The normalized spacial score (nSPS) is 13.4. The molecule has 0 aromatic heterocycles. The van der Waals surface area contributed by atoms with Crippen molar-refractivity contribution in [3.05, 3.63) is 48.5 Å². The zero-order valence-corrected chi connectivity index (χ0v) is 14.8. The summed E-state index contributed by atoms with van der Waals surface area (Å²) in [5.74, 6) is 1.21. The second kappa shape index (κ2) is 7.92. The van der Waals surface area contributed by atoms with Crippen molar-refractivity contribution in [1.29, 1.82) is 0 Å². The Morgan fingerprint density at radius 3 is 2.24 bits per heavy atom. The minimum Gasteiger partial charge on any atom is -0.490 e. The highest BCUT2D eigenvalue weighted by Crippen LogP contribution is 2.33. The molecule has 0 saturated carbocycles. The Balaban J connectivity index is 1.72. The van der Waals surface area contributed by atoms with E-state index in [0.29, 0.717) is 24.7 Å². The van der Waals surface area contributed by atoms with E-state index in [2.05, 4.69) is 17.9 Å². The van der Waals surface area contributed by atoms with Crippen molar-refractivity contribution in [3.63, 3.8) is 0 Å². The van der Waals surface area contributed by atoms with Crippen LogP contribution >= 0.6 is 0 Å². The zero-order valence-electron chi connectivity index (χ0n) is 14.8. The number of amides is 1. The van der Waals surface area contributed by atoms with Crippen LogP contribution in [0.4, 0.5) is 11.4 Å². The van der Waals surface area contributed by atoms with Crippen LogP contribution in [0.25, 0.3) is 0 Å². The molecular formula is C20H24N2O3. The van der Waals surface area contributed by atoms with E-state index in [1.54, 1.807) is 0 Å². The van der Waals surface area contributed by atoms with E-state index in [1.165, 1.54) is 0 Å². The van der Waals surface area contributed by atoms with Crippen LogP contribution in [0.2, 0.25) is 0 Å². The van der Waals surface area contributed by atoms with Crippen LogP contribution in [0.3, 0.4) is 0 Å². The van der Waals surface area contributed by atoms with Gasteiger partial charge >= 0.3 is 0 Å². The minimum absolute atomic E-state index is 0.00938. The molecule has 1 heterocycles. The fourth-order valence-corrected chi connectivity index (χ4v) is 3.07. The molecule has 2 aromatic carbocycles. The van der Waals surface area contributed by atoms with Crippen molar-refractivity contribution in [3.8, 4) is 11.5 Å². The van der Waals surface area contributed by atoms with Crippen LogP contribution < -0.4 is 19.3 Å². The van der Waals surface area contributed by atoms with E-state index in [4.69, 9.17) is 9.47 Å². The van der Waals surface area contributed by atoms with Gasteiger partial charge in [0.1, 0.15) is 0 Å². The van der Waals surface area contributed by atoms with Gasteiger partial charge in [-0.15, -0.1) is 0 Å². The number of fused-ring (bicyclic) bond motifs is 1. The predicted molar refractivity (Wildman–Crippen MR) is 99.8 cm³/mol. The Bertz CT molecular complexity index is 732. The van der Waals surface area contributed by atoms with Gasteiger partial charge in [0.2, 0.25) is 0 Å². The Hall–Kier alpha value is -2.69. The molecule has 1 aliphatic rings. The highest BCUT2D eigenvalue weighted by molar-refractivity contribution is 5.98. The van der Waals surface area contributed by atoms with Gasteiger partial charge in [0.15, 0.2) is 18.1 Å². The van der Waals surface area contributed by atoms with Crippen molar-refractivity contribution >= 4 is 17.3 Å². The first kappa shape index (κ1) is 17.1. The molecule has 5 heteroatoms.